The smallest absolute Gasteiger partial charge is 0.258 e. The van der Waals surface area contributed by atoms with E-state index in [-0.39, 0.29) is 5.56 Å². The van der Waals surface area contributed by atoms with E-state index in [1.54, 1.807) is 16.7 Å². The predicted octanol–water partition coefficient (Wildman–Crippen LogP) is 4.24. The molecule has 6 nitrogen and oxygen atoms in total. The van der Waals surface area contributed by atoms with Crippen molar-refractivity contribution >= 4 is 16.3 Å². The van der Waals surface area contributed by atoms with Crippen LogP contribution in [0.5, 0.6) is 0 Å². The van der Waals surface area contributed by atoms with Gasteiger partial charge in [0.2, 0.25) is 0 Å². The van der Waals surface area contributed by atoms with Crippen molar-refractivity contribution in [2.75, 3.05) is 7.05 Å². The number of aromatic nitrogens is 4. The Morgan fingerprint density at radius 2 is 1.74 bits per heavy atom. The zero-order chi connectivity index (χ0) is 21.2. The minimum atomic E-state index is -0.0449. The van der Waals surface area contributed by atoms with E-state index >= 15 is 0 Å². The number of fused-ring (bicyclic) bond motifs is 1. The quantitative estimate of drug-likeness (QED) is 0.407. The van der Waals surface area contributed by atoms with Crippen LogP contribution in [-0.4, -0.2) is 31.1 Å². The fraction of sp³-hybridized carbons (Fsp3) is 0.125. The molecule has 0 N–H and O–H groups in total. The van der Waals surface area contributed by atoms with Crippen molar-refractivity contribution in [1.82, 2.24) is 24.1 Å². The number of benzene rings is 2. The lowest BCUT2D eigenvalue weighted by molar-refractivity contribution is 0.315. The SMILES string of the molecule is CN(Cc1cc(=O)n2ccsc2n1)Cc1cn(-c2ccccc2)nc1-c1ccccc1. The molecule has 154 valence electrons. The molecule has 0 fully saturated rings. The van der Waals surface area contributed by atoms with Crippen molar-refractivity contribution in [3.63, 3.8) is 0 Å². The highest BCUT2D eigenvalue weighted by Gasteiger charge is 2.15. The van der Waals surface area contributed by atoms with Gasteiger partial charge in [0.15, 0.2) is 4.96 Å². The van der Waals surface area contributed by atoms with Crippen LogP contribution in [0, 0.1) is 0 Å². The Bertz CT molecular complexity index is 1370. The van der Waals surface area contributed by atoms with Crippen LogP contribution < -0.4 is 5.56 Å². The molecule has 0 spiro atoms. The average Bonchev–Trinajstić information content (AvgIpc) is 3.42. The van der Waals surface area contributed by atoms with Crippen LogP contribution in [0.4, 0.5) is 0 Å². The van der Waals surface area contributed by atoms with Gasteiger partial charge < -0.3 is 0 Å². The normalized spacial score (nSPS) is 11.4. The third-order valence-corrected chi connectivity index (χ3v) is 5.84. The van der Waals surface area contributed by atoms with Crippen molar-refractivity contribution in [2.24, 2.45) is 0 Å². The van der Waals surface area contributed by atoms with Crippen molar-refractivity contribution < 1.29 is 0 Å². The van der Waals surface area contributed by atoms with Gasteiger partial charge in [-0.3, -0.25) is 14.1 Å². The molecule has 7 heteroatoms. The number of para-hydroxylation sites is 1. The third-order valence-electron chi connectivity index (χ3n) is 5.09. The van der Waals surface area contributed by atoms with Crippen LogP contribution in [0.3, 0.4) is 0 Å². The molecule has 2 aromatic carbocycles. The number of rotatable bonds is 6. The van der Waals surface area contributed by atoms with Crippen LogP contribution >= 0.6 is 11.3 Å². The molecule has 0 amide bonds. The maximum Gasteiger partial charge on any atom is 0.258 e. The summed E-state index contributed by atoms with van der Waals surface area (Å²) >= 11 is 1.47. The number of hydrogen-bond acceptors (Lipinski definition) is 5. The first kappa shape index (κ1) is 19.4. The molecule has 0 aliphatic rings. The lowest BCUT2D eigenvalue weighted by atomic mass is 10.1. The monoisotopic (exact) mass is 427 g/mol. The first-order valence-electron chi connectivity index (χ1n) is 10.0. The number of thiazole rings is 1. The molecule has 0 aliphatic heterocycles. The van der Waals surface area contributed by atoms with Crippen molar-refractivity contribution in [3.8, 4) is 16.9 Å². The van der Waals surface area contributed by atoms with Gasteiger partial charge in [-0.25, -0.2) is 9.67 Å². The zero-order valence-electron chi connectivity index (χ0n) is 17.0. The summed E-state index contributed by atoms with van der Waals surface area (Å²) in [6, 6.07) is 21.9. The molecule has 0 aliphatic carbocycles. The first-order valence-corrected chi connectivity index (χ1v) is 10.9. The van der Waals surface area contributed by atoms with Gasteiger partial charge in [-0.1, -0.05) is 48.5 Å². The standard InChI is InChI=1S/C24H21N5OS/c1-27(17-20-14-22(30)28-12-13-31-24(28)25-20)15-19-16-29(21-10-6-3-7-11-21)26-23(19)18-8-4-2-5-9-18/h2-14,16H,15,17H2,1H3. The van der Waals surface area contributed by atoms with Crippen LogP contribution in [-0.2, 0) is 13.1 Å². The molecule has 31 heavy (non-hydrogen) atoms. The summed E-state index contributed by atoms with van der Waals surface area (Å²) in [7, 11) is 2.03. The largest absolute Gasteiger partial charge is 0.296 e. The maximum atomic E-state index is 12.3. The summed E-state index contributed by atoms with van der Waals surface area (Å²) in [6.07, 6.45) is 3.84. The lowest BCUT2D eigenvalue weighted by Gasteiger charge is -2.16. The van der Waals surface area contributed by atoms with Crippen molar-refractivity contribution in [3.05, 3.63) is 106 Å². The highest BCUT2D eigenvalue weighted by Crippen LogP contribution is 2.25. The van der Waals surface area contributed by atoms with Crippen LogP contribution in [0.1, 0.15) is 11.3 Å². The Labute approximate surface area is 183 Å². The molecule has 0 bridgehead atoms. The summed E-state index contributed by atoms with van der Waals surface area (Å²) in [4.78, 5) is 19.8. The van der Waals surface area contributed by atoms with Crippen LogP contribution in [0.15, 0.2) is 89.3 Å². The van der Waals surface area contributed by atoms with E-state index in [0.29, 0.717) is 13.1 Å². The van der Waals surface area contributed by atoms with Gasteiger partial charge in [-0.05, 0) is 19.2 Å². The molecule has 3 aromatic heterocycles. The summed E-state index contributed by atoms with van der Waals surface area (Å²) < 4.78 is 3.50. The summed E-state index contributed by atoms with van der Waals surface area (Å²) in [5.41, 5.74) is 4.90. The van der Waals surface area contributed by atoms with E-state index in [1.165, 1.54) is 11.3 Å². The molecule has 5 rings (SSSR count). The van der Waals surface area contributed by atoms with Gasteiger partial charge >= 0.3 is 0 Å². The molecule has 3 heterocycles. The summed E-state index contributed by atoms with van der Waals surface area (Å²) in [6.45, 7) is 1.26. The molecule has 0 radical (unpaired) electrons. The van der Waals surface area contributed by atoms with E-state index in [1.807, 2.05) is 65.6 Å². The van der Waals surface area contributed by atoms with Gasteiger partial charge in [0.25, 0.3) is 5.56 Å². The van der Waals surface area contributed by atoms with Gasteiger partial charge in [-0.2, -0.15) is 5.10 Å². The van der Waals surface area contributed by atoms with Gasteiger partial charge in [0.1, 0.15) is 0 Å². The molecular weight excluding hydrogens is 406 g/mol. The number of nitrogens with zero attached hydrogens (tertiary/aromatic N) is 5. The minimum absolute atomic E-state index is 0.0449. The molecule has 0 saturated carbocycles. The minimum Gasteiger partial charge on any atom is -0.296 e. The second-order valence-corrected chi connectivity index (χ2v) is 8.34. The topological polar surface area (TPSA) is 55.4 Å². The summed E-state index contributed by atoms with van der Waals surface area (Å²) in [5.74, 6) is 0. The molecule has 0 atom stereocenters. The number of hydrogen-bond donors (Lipinski definition) is 0. The lowest BCUT2D eigenvalue weighted by Crippen LogP contribution is -2.21. The van der Waals surface area contributed by atoms with E-state index < -0.39 is 0 Å². The van der Waals surface area contributed by atoms with E-state index in [0.717, 1.165) is 33.2 Å². The molecule has 0 saturated heterocycles. The average molecular weight is 428 g/mol. The van der Waals surface area contributed by atoms with Crippen molar-refractivity contribution in [2.45, 2.75) is 13.1 Å². The fourth-order valence-electron chi connectivity index (χ4n) is 3.67. The highest BCUT2D eigenvalue weighted by molar-refractivity contribution is 7.15. The van der Waals surface area contributed by atoms with Crippen LogP contribution in [0.25, 0.3) is 21.9 Å². The van der Waals surface area contributed by atoms with Crippen LogP contribution in [0.2, 0.25) is 0 Å². The highest BCUT2D eigenvalue weighted by atomic mass is 32.1. The Balaban J connectivity index is 1.45. The summed E-state index contributed by atoms with van der Waals surface area (Å²) in [5, 5.41) is 6.76. The maximum absolute atomic E-state index is 12.3. The fourth-order valence-corrected chi connectivity index (χ4v) is 4.41. The molecule has 5 aromatic rings. The Morgan fingerprint density at radius 1 is 1.00 bits per heavy atom. The van der Waals surface area contributed by atoms with E-state index in [2.05, 4.69) is 28.2 Å². The Kier molecular flexibility index (Phi) is 5.19. The van der Waals surface area contributed by atoms with Gasteiger partial charge in [0.05, 0.1) is 17.1 Å². The van der Waals surface area contributed by atoms with Crippen molar-refractivity contribution in [1.29, 1.82) is 0 Å². The third kappa shape index (κ3) is 4.05. The Hall–Kier alpha value is -3.55. The van der Waals surface area contributed by atoms with Gasteiger partial charge in [-0.15, -0.1) is 11.3 Å². The Morgan fingerprint density at radius 3 is 2.52 bits per heavy atom. The molecular formula is C24H21N5OS. The second kappa shape index (κ2) is 8.29. The second-order valence-electron chi connectivity index (χ2n) is 7.46. The van der Waals surface area contributed by atoms with Gasteiger partial charge in [0, 0.05) is 48.1 Å². The molecule has 0 unspecified atom stereocenters. The first-order chi connectivity index (χ1) is 15.2. The van der Waals surface area contributed by atoms with E-state index in [9.17, 15) is 4.79 Å². The predicted molar refractivity (Wildman–Crippen MR) is 124 cm³/mol. The zero-order valence-corrected chi connectivity index (χ0v) is 17.9. The van der Waals surface area contributed by atoms with E-state index in [4.69, 9.17) is 5.10 Å².